The lowest BCUT2D eigenvalue weighted by Crippen LogP contribution is -2.22. The first-order chi connectivity index (χ1) is 10.5. The highest BCUT2D eigenvalue weighted by Gasteiger charge is 2.24. The SMILES string of the molecule is N#C/C(=N\Nc1c(Br)cc(C(=O)O)c2c1CCCO2)C(=N)N. The van der Waals surface area contributed by atoms with Crippen molar-refractivity contribution in [3.63, 3.8) is 0 Å². The Balaban J connectivity index is 2.51. The number of hydrazone groups is 1. The number of amidine groups is 1. The Hall–Kier alpha value is -2.60. The number of carboxylic acid groups (broad SMARTS) is 1. The number of fused-ring (bicyclic) bond motifs is 1. The van der Waals surface area contributed by atoms with Gasteiger partial charge in [0, 0.05) is 10.0 Å². The number of nitrogens with one attached hydrogen (secondary N) is 2. The molecule has 1 heterocycles. The summed E-state index contributed by atoms with van der Waals surface area (Å²) in [4.78, 5) is 11.3. The summed E-state index contributed by atoms with van der Waals surface area (Å²) in [6.07, 6.45) is 1.34. The zero-order valence-electron chi connectivity index (χ0n) is 11.3. The van der Waals surface area contributed by atoms with Crippen LogP contribution in [0.5, 0.6) is 5.75 Å². The van der Waals surface area contributed by atoms with Crippen molar-refractivity contribution in [3.05, 3.63) is 21.7 Å². The van der Waals surface area contributed by atoms with Crippen molar-refractivity contribution in [2.24, 2.45) is 10.8 Å². The third-order valence-corrected chi connectivity index (χ3v) is 3.64. The monoisotopic (exact) mass is 365 g/mol. The highest BCUT2D eigenvalue weighted by Crippen LogP contribution is 2.40. The van der Waals surface area contributed by atoms with Crippen LogP contribution in [0.4, 0.5) is 5.69 Å². The lowest BCUT2D eigenvalue weighted by molar-refractivity contribution is 0.0691. The Kier molecular flexibility index (Phi) is 4.62. The number of aromatic carboxylic acids is 1. The number of anilines is 1. The van der Waals surface area contributed by atoms with Gasteiger partial charge in [-0.25, -0.2) is 4.79 Å². The zero-order valence-corrected chi connectivity index (χ0v) is 12.9. The van der Waals surface area contributed by atoms with Crippen LogP contribution in [0.2, 0.25) is 0 Å². The highest BCUT2D eigenvalue weighted by molar-refractivity contribution is 9.10. The van der Waals surface area contributed by atoms with Crippen LogP contribution in [0.1, 0.15) is 22.3 Å². The molecule has 0 unspecified atom stereocenters. The van der Waals surface area contributed by atoms with Gasteiger partial charge in [0.1, 0.15) is 17.4 Å². The van der Waals surface area contributed by atoms with Crippen LogP contribution in [0.25, 0.3) is 0 Å². The van der Waals surface area contributed by atoms with E-state index in [1.165, 1.54) is 6.07 Å². The van der Waals surface area contributed by atoms with Gasteiger partial charge in [-0.2, -0.15) is 10.4 Å². The van der Waals surface area contributed by atoms with Crippen molar-refractivity contribution in [1.82, 2.24) is 0 Å². The van der Waals surface area contributed by atoms with Gasteiger partial charge in [0.15, 0.2) is 5.84 Å². The summed E-state index contributed by atoms with van der Waals surface area (Å²) in [7, 11) is 0. The maximum absolute atomic E-state index is 11.3. The van der Waals surface area contributed by atoms with E-state index in [9.17, 15) is 9.90 Å². The predicted molar refractivity (Wildman–Crippen MR) is 83.5 cm³/mol. The number of rotatable bonds is 4. The molecule has 0 atom stereocenters. The van der Waals surface area contributed by atoms with Gasteiger partial charge in [-0.05, 0) is 34.8 Å². The zero-order chi connectivity index (χ0) is 16.3. The molecular weight excluding hydrogens is 354 g/mol. The number of halogens is 1. The number of nitrogens with zero attached hydrogens (tertiary/aromatic N) is 2. The van der Waals surface area contributed by atoms with E-state index in [4.69, 9.17) is 21.1 Å². The molecule has 2 rings (SSSR count). The van der Waals surface area contributed by atoms with E-state index in [0.29, 0.717) is 34.5 Å². The van der Waals surface area contributed by atoms with Crippen LogP contribution < -0.4 is 15.9 Å². The smallest absolute Gasteiger partial charge is 0.339 e. The van der Waals surface area contributed by atoms with E-state index in [1.54, 1.807) is 6.07 Å². The van der Waals surface area contributed by atoms with Gasteiger partial charge in [-0.3, -0.25) is 10.8 Å². The number of benzene rings is 1. The lowest BCUT2D eigenvalue weighted by atomic mass is 10.0. The highest BCUT2D eigenvalue weighted by atomic mass is 79.9. The number of nitrogens with two attached hydrogens (primary N) is 1. The van der Waals surface area contributed by atoms with Gasteiger partial charge in [0.25, 0.3) is 0 Å². The average molecular weight is 366 g/mol. The van der Waals surface area contributed by atoms with E-state index >= 15 is 0 Å². The summed E-state index contributed by atoms with van der Waals surface area (Å²) >= 11 is 3.29. The molecular formula is C13H12BrN5O3. The molecule has 0 fully saturated rings. The summed E-state index contributed by atoms with van der Waals surface area (Å²) in [6, 6.07) is 3.11. The summed E-state index contributed by atoms with van der Waals surface area (Å²) in [6.45, 7) is 0.439. The Morgan fingerprint density at radius 3 is 2.95 bits per heavy atom. The van der Waals surface area contributed by atoms with E-state index in [2.05, 4.69) is 26.5 Å². The van der Waals surface area contributed by atoms with Crippen molar-refractivity contribution in [2.75, 3.05) is 12.0 Å². The standard InChI is InChI=1S/C13H12BrN5O3/c14-8-4-7(13(20)21)11-6(2-1-3-22-11)10(8)19-18-9(5-15)12(16)17/h4,19H,1-3H2,(H3,16,17)(H,20,21)/b18-9+. The molecule has 1 aromatic rings. The van der Waals surface area contributed by atoms with Crippen LogP contribution in [-0.2, 0) is 6.42 Å². The van der Waals surface area contributed by atoms with Gasteiger partial charge in [-0.1, -0.05) is 0 Å². The summed E-state index contributed by atoms with van der Waals surface area (Å²) in [5, 5.41) is 29.1. The maximum atomic E-state index is 11.3. The Morgan fingerprint density at radius 2 is 2.36 bits per heavy atom. The number of hydrogen-bond acceptors (Lipinski definition) is 6. The molecule has 0 bridgehead atoms. The number of carboxylic acids is 1. The molecule has 1 aromatic carbocycles. The molecule has 9 heteroatoms. The van der Waals surface area contributed by atoms with E-state index < -0.39 is 11.8 Å². The van der Waals surface area contributed by atoms with Gasteiger partial charge in [-0.15, -0.1) is 0 Å². The van der Waals surface area contributed by atoms with Crippen molar-refractivity contribution in [1.29, 1.82) is 10.7 Å². The van der Waals surface area contributed by atoms with Gasteiger partial charge < -0.3 is 15.6 Å². The third-order valence-electron chi connectivity index (χ3n) is 3.02. The number of ether oxygens (including phenoxy) is 1. The molecule has 0 radical (unpaired) electrons. The molecule has 0 amide bonds. The minimum absolute atomic E-state index is 0.0585. The van der Waals surface area contributed by atoms with Crippen LogP contribution in [0, 0.1) is 16.7 Å². The first-order valence-electron chi connectivity index (χ1n) is 6.25. The summed E-state index contributed by atoms with van der Waals surface area (Å²) in [5.41, 5.74) is 8.84. The number of carbonyl (C=O) groups is 1. The molecule has 114 valence electrons. The summed E-state index contributed by atoms with van der Waals surface area (Å²) < 4.78 is 5.94. The van der Waals surface area contributed by atoms with Crippen LogP contribution in [0.3, 0.4) is 0 Å². The topological polar surface area (TPSA) is 145 Å². The lowest BCUT2D eigenvalue weighted by Gasteiger charge is -2.22. The Bertz CT molecular complexity index is 723. The molecule has 0 spiro atoms. The van der Waals surface area contributed by atoms with Crippen molar-refractivity contribution in [2.45, 2.75) is 12.8 Å². The number of nitriles is 1. The Morgan fingerprint density at radius 1 is 1.64 bits per heavy atom. The minimum Gasteiger partial charge on any atom is -0.492 e. The minimum atomic E-state index is -1.09. The van der Waals surface area contributed by atoms with E-state index in [1.807, 2.05) is 0 Å². The van der Waals surface area contributed by atoms with Gasteiger partial charge in [0.05, 0.1) is 12.3 Å². The molecule has 1 aliphatic heterocycles. The molecule has 5 N–H and O–H groups in total. The molecule has 0 aromatic heterocycles. The average Bonchev–Trinajstić information content (AvgIpc) is 2.48. The second kappa shape index (κ2) is 6.44. The first kappa shape index (κ1) is 15.8. The third kappa shape index (κ3) is 3.01. The second-order valence-electron chi connectivity index (χ2n) is 4.44. The molecule has 22 heavy (non-hydrogen) atoms. The fourth-order valence-corrected chi connectivity index (χ4v) is 2.61. The first-order valence-corrected chi connectivity index (χ1v) is 7.04. The quantitative estimate of drug-likeness (QED) is 0.363. The molecule has 1 aliphatic rings. The van der Waals surface area contributed by atoms with Crippen molar-refractivity contribution < 1.29 is 14.6 Å². The molecule has 0 saturated carbocycles. The molecule has 8 nitrogen and oxygen atoms in total. The fourth-order valence-electron chi connectivity index (χ4n) is 2.05. The second-order valence-corrected chi connectivity index (χ2v) is 5.30. The molecule has 0 saturated heterocycles. The van der Waals surface area contributed by atoms with Gasteiger partial charge >= 0.3 is 5.97 Å². The maximum Gasteiger partial charge on any atom is 0.339 e. The van der Waals surface area contributed by atoms with Crippen LogP contribution in [0.15, 0.2) is 15.6 Å². The normalized spacial score (nSPS) is 13.5. The Labute approximate surface area is 134 Å². The van der Waals surface area contributed by atoms with Gasteiger partial charge in [0.2, 0.25) is 5.71 Å². The van der Waals surface area contributed by atoms with Crippen molar-refractivity contribution in [3.8, 4) is 11.8 Å². The predicted octanol–water partition coefficient (Wildman–Crippen LogP) is 1.70. The fraction of sp³-hybridized carbons (Fsp3) is 0.231. The van der Waals surface area contributed by atoms with Crippen LogP contribution >= 0.6 is 15.9 Å². The number of hydrogen-bond donors (Lipinski definition) is 4. The van der Waals surface area contributed by atoms with Crippen molar-refractivity contribution >= 4 is 39.1 Å². The van der Waals surface area contributed by atoms with Crippen LogP contribution in [-0.4, -0.2) is 29.2 Å². The molecule has 0 aliphatic carbocycles. The largest absolute Gasteiger partial charge is 0.492 e. The summed E-state index contributed by atoms with van der Waals surface area (Å²) in [5.74, 6) is -1.25. The van der Waals surface area contributed by atoms with E-state index in [0.717, 1.165) is 6.42 Å². The van der Waals surface area contributed by atoms with E-state index in [-0.39, 0.29) is 11.3 Å².